The standard InChI is InChI=1S/C14H13BrFNS/c1-17-9-10-6-7-14(12(16)8-10)18-13-5-3-2-4-11(13)15/h2-8,17H,9H2,1H3. The third-order valence-electron chi connectivity index (χ3n) is 2.43. The van der Waals surface area contributed by atoms with Crippen molar-refractivity contribution in [3.8, 4) is 0 Å². The molecule has 2 aromatic rings. The summed E-state index contributed by atoms with van der Waals surface area (Å²) in [4.78, 5) is 1.65. The maximum Gasteiger partial charge on any atom is 0.137 e. The Morgan fingerprint density at radius 2 is 1.94 bits per heavy atom. The van der Waals surface area contributed by atoms with Crippen molar-refractivity contribution in [2.45, 2.75) is 16.3 Å². The van der Waals surface area contributed by atoms with Gasteiger partial charge < -0.3 is 5.32 Å². The molecule has 0 radical (unpaired) electrons. The summed E-state index contributed by atoms with van der Waals surface area (Å²) in [7, 11) is 1.85. The van der Waals surface area contributed by atoms with Crippen molar-refractivity contribution < 1.29 is 4.39 Å². The predicted octanol–water partition coefficient (Wildman–Crippen LogP) is 4.46. The number of nitrogens with one attached hydrogen (secondary N) is 1. The van der Waals surface area contributed by atoms with Gasteiger partial charge in [-0.15, -0.1) is 0 Å². The maximum absolute atomic E-state index is 13.9. The monoisotopic (exact) mass is 325 g/mol. The lowest BCUT2D eigenvalue weighted by Gasteiger charge is -2.07. The molecule has 0 saturated carbocycles. The number of hydrogen-bond acceptors (Lipinski definition) is 2. The first-order valence-electron chi connectivity index (χ1n) is 5.56. The number of rotatable bonds is 4. The van der Waals surface area contributed by atoms with Crippen LogP contribution in [-0.4, -0.2) is 7.05 Å². The van der Waals surface area contributed by atoms with Crippen molar-refractivity contribution in [3.05, 3.63) is 58.3 Å². The van der Waals surface area contributed by atoms with E-state index in [1.54, 1.807) is 6.07 Å². The first kappa shape index (κ1) is 13.6. The van der Waals surface area contributed by atoms with Gasteiger partial charge in [-0.3, -0.25) is 0 Å². The smallest absolute Gasteiger partial charge is 0.137 e. The highest BCUT2D eigenvalue weighted by Gasteiger charge is 2.07. The molecular weight excluding hydrogens is 313 g/mol. The minimum Gasteiger partial charge on any atom is -0.316 e. The van der Waals surface area contributed by atoms with Crippen LogP contribution in [0.5, 0.6) is 0 Å². The van der Waals surface area contributed by atoms with Crippen molar-refractivity contribution in [1.82, 2.24) is 5.32 Å². The van der Waals surface area contributed by atoms with Gasteiger partial charge in [0.2, 0.25) is 0 Å². The van der Waals surface area contributed by atoms with Gasteiger partial charge in [-0.1, -0.05) is 30.0 Å². The summed E-state index contributed by atoms with van der Waals surface area (Å²) in [5.74, 6) is -0.177. The Hall–Kier alpha value is -0.840. The lowest BCUT2D eigenvalue weighted by Crippen LogP contribution is -2.05. The molecule has 0 bridgehead atoms. The van der Waals surface area contributed by atoms with Gasteiger partial charge in [0.15, 0.2) is 0 Å². The van der Waals surface area contributed by atoms with E-state index in [4.69, 9.17) is 0 Å². The molecule has 2 rings (SSSR count). The maximum atomic E-state index is 13.9. The van der Waals surface area contributed by atoms with Gasteiger partial charge in [0.25, 0.3) is 0 Å². The zero-order valence-electron chi connectivity index (χ0n) is 9.91. The fourth-order valence-electron chi connectivity index (χ4n) is 1.59. The second-order valence-electron chi connectivity index (χ2n) is 3.83. The molecule has 1 nitrogen and oxygen atoms in total. The van der Waals surface area contributed by atoms with E-state index >= 15 is 0 Å². The van der Waals surface area contributed by atoms with Crippen molar-refractivity contribution in [2.24, 2.45) is 0 Å². The minimum atomic E-state index is -0.177. The Morgan fingerprint density at radius 1 is 1.17 bits per heavy atom. The lowest BCUT2D eigenvalue weighted by atomic mass is 10.2. The summed E-state index contributed by atoms with van der Waals surface area (Å²) in [5, 5.41) is 3.01. The van der Waals surface area contributed by atoms with E-state index in [0.717, 1.165) is 14.9 Å². The first-order chi connectivity index (χ1) is 8.70. The number of halogens is 2. The SMILES string of the molecule is CNCc1ccc(Sc2ccccc2Br)c(F)c1. The lowest BCUT2D eigenvalue weighted by molar-refractivity contribution is 0.598. The number of benzene rings is 2. The van der Waals surface area contributed by atoms with E-state index in [2.05, 4.69) is 21.2 Å². The fourth-order valence-corrected chi connectivity index (χ4v) is 2.96. The minimum absolute atomic E-state index is 0.177. The Bertz CT molecular complexity index is 545. The van der Waals surface area contributed by atoms with Crippen LogP contribution in [0.2, 0.25) is 0 Å². The van der Waals surface area contributed by atoms with Gasteiger partial charge in [-0.05, 0) is 52.8 Å². The molecule has 0 aliphatic heterocycles. The average molecular weight is 326 g/mol. The third kappa shape index (κ3) is 3.34. The van der Waals surface area contributed by atoms with Crippen LogP contribution >= 0.6 is 27.7 Å². The molecule has 0 aliphatic rings. The average Bonchev–Trinajstić information content (AvgIpc) is 2.35. The zero-order valence-corrected chi connectivity index (χ0v) is 12.3. The van der Waals surface area contributed by atoms with Crippen LogP contribution in [0.1, 0.15) is 5.56 Å². The fraction of sp³-hybridized carbons (Fsp3) is 0.143. The van der Waals surface area contributed by atoms with Crippen LogP contribution in [0.4, 0.5) is 4.39 Å². The van der Waals surface area contributed by atoms with Crippen molar-refractivity contribution in [1.29, 1.82) is 0 Å². The van der Waals surface area contributed by atoms with Gasteiger partial charge in [0.1, 0.15) is 5.82 Å². The van der Waals surface area contributed by atoms with Crippen molar-refractivity contribution in [3.63, 3.8) is 0 Å². The molecule has 0 atom stereocenters. The largest absolute Gasteiger partial charge is 0.316 e. The molecule has 0 unspecified atom stereocenters. The van der Waals surface area contributed by atoms with E-state index in [9.17, 15) is 4.39 Å². The summed E-state index contributed by atoms with van der Waals surface area (Å²) in [5.41, 5.74) is 0.950. The molecule has 18 heavy (non-hydrogen) atoms. The summed E-state index contributed by atoms with van der Waals surface area (Å²) in [6, 6.07) is 13.2. The molecule has 0 amide bonds. The molecule has 1 N–H and O–H groups in total. The molecule has 0 aromatic heterocycles. The van der Waals surface area contributed by atoms with Crippen LogP contribution < -0.4 is 5.32 Å². The van der Waals surface area contributed by atoms with Crippen LogP contribution in [0.15, 0.2) is 56.7 Å². The normalized spacial score (nSPS) is 10.6. The second kappa shape index (κ2) is 6.36. The van der Waals surface area contributed by atoms with Gasteiger partial charge >= 0.3 is 0 Å². The Kier molecular flexibility index (Phi) is 4.80. The van der Waals surface area contributed by atoms with Crippen LogP contribution in [0.3, 0.4) is 0 Å². The Balaban J connectivity index is 2.22. The summed E-state index contributed by atoms with van der Waals surface area (Å²) < 4.78 is 14.9. The summed E-state index contributed by atoms with van der Waals surface area (Å²) in [6.07, 6.45) is 0. The van der Waals surface area contributed by atoms with Gasteiger partial charge in [-0.2, -0.15) is 0 Å². The van der Waals surface area contributed by atoms with Gasteiger partial charge in [0.05, 0.1) is 0 Å². The van der Waals surface area contributed by atoms with E-state index < -0.39 is 0 Å². The highest BCUT2D eigenvalue weighted by atomic mass is 79.9. The van der Waals surface area contributed by atoms with Gasteiger partial charge in [0, 0.05) is 20.8 Å². The molecule has 0 spiro atoms. The third-order valence-corrected chi connectivity index (χ3v) is 4.51. The first-order valence-corrected chi connectivity index (χ1v) is 7.17. The van der Waals surface area contributed by atoms with E-state index in [0.29, 0.717) is 11.4 Å². The molecule has 0 heterocycles. The zero-order chi connectivity index (χ0) is 13.0. The molecule has 0 aliphatic carbocycles. The quantitative estimate of drug-likeness (QED) is 0.890. The Labute approximate surface area is 119 Å². The van der Waals surface area contributed by atoms with Crippen LogP contribution in [0, 0.1) is 5.82 Å². The summed E-state index contributed by atoms with van der Waals surface area (Å²) >= 11 is 4.89. The van der Waals surface area contributed by atoms with Crippen molar-refractivity contribution >= 4 is 27.7 Å². The molecule has 0 fully saturated rings. The second-order valence-corrected chi connectivity index (χ2v) is 5.77. The highest BCUT2D eigenvalue weighted by Crippen LogP contribution is 2.34. The van der Waals surface area contributed by atoms with E-state index in [-0.39, 0.29) is 5.82 Å². The summed E-state index contributed by atoms with van der Waals surface area (Å²) in [6.45, 7) is 0.677. The van der Waals surface area contributed by atoms with Crippen LogP contribution in [-0.2, 0) is 6.54 Å². The highest BCUT2D eigenvalue weighted by molar-refractivity contribution is 9.10. The van der Waals surface area contributed by atoms with E-state index in [1.807, 2.05) is 43.4 Å². The van der Waals surface area contributed by atoms with Crippen LogP contribution in [0.25, 0.3) is 0 Å². The predicted molar refractivity (Wildman–Crippen MR) is 77.4 cm³/mol. The Morgan fingerprint density at radius 3 is 2.61 bits per heavy atom. The molecule has 94 valence electrons. The molecule has 4 heteroatoms. The molecular formula is C14H13BrFNS. The number of hydrogen-bond donors (Lipinski definition) is 1. The van der Waals surface area contributed by atoms with E-state index in [1.165, 1.54) is 11.8 Å². The molecule has 2 aromatic carbocycles. The van der Waals surface area contributed by atoms with Crippen molar-refractivity contribution in [2.75, 3.05) is 7.05 Å². The van der Waals surface area contributed by atoms with Gasteiger partial charge in [-0.25, -0.2) is 4.39 Å². The molecule has 0 saturated heterocycles. The topological polar surface area (TPSA) is 12.0 Å².